The lowest BCUT2D eigenvalue weighted by Crippen LogP contribution is -2.29. The Hall–Kier alpha value is -0.410. The Balaban J connectivity index is 2.64. The standard InChI is InChI=1S/C12H18BrNO/c1-9(2)6-12(3,15)7-11-5-4-10(13)8-14-11/h4-5,8-9,15H,6-7H2,1-3H3. The van der Waals surface area contributed by atoms with Crippen LogP contribution < -0.4 is 0 Å². The van der Waals surface area contributed by atoms with Gasteiger partial charge in [-0.1, -0.05) is 13.8 Å². The fourth-order valence-electron chi connectivity index (χ4n) is 1.85. The topological polar surface area (TPSA) is 33.1 Å². The molecule has 0 fully saturated rings. The molecule has 0 saturated carbocycles. The maximum atomic E-state index is 10.2. The minimum Gasteiger partial charge on any atom is -0.390 e. The monoisotopic (exact) mass is 271 g/mol. The van der Waals surface area contributed by atoms with E-state index in [0.29, 0.717) is 12.3 Å². The Labute approximate surface area is 99.9 Å². The quantitative estimate of drug-likeness (QED) is 0.913. The molecule has 0 bridgehead atoms. The summed E-state index contributed by atoms with van der Waals surface area (Å²) in [7, 11) is 0. The van der Waals surface area contributed by atoms with Crippen LogP contribution in [0.1, 0.15) is 32.9 Å². The highest BCUT2D eigenvalue weighted by molar-refractivity contribution is 9.10. The maximum Gasteiger partial charge on any atom is 0.0677 e. The zero-order valence-electron chi connectivity index (χ0n) is 9.50. The summed E-state index contributed by atoms with van der Waals surface area (Å²) in [6, 6.07) is 3.90. The molecule has 1 heterocycles. The third kappa shape index (κ3) is 4.76. The van der Waals surface area contributed by atoms with E-state index in [1.165, 1.54) is 0 Å². The molecule has 0 aromatic carbocycles. The van der Waals surface area contributed by atoms with Crippen molar-refractivity contribution in [2.75, 3.05) is 0 Å². The summed E-state index contributed by atoms with van der Waals surface area (Å²) in [6.45, 7) is 6.10. The predicted octanol–water partition coefficient (Wildman–Crippen LogP) is 3.18. The minimum atomic E-state index is -0.658. The molecule has 0 spiro atoms. The molecule has 15 heavy (non-hydrogen) atoms. The number of pyridine rings is 1. The second-order valence-electron chi connectivity index (χ2n) is 4.74. The molecule has 3 heteroatoms. The lowest BCUT2D eigenvalue weighted by Gasteiger charge is -2.24. The first-order chi connectivity index (χ1) is 6.89. The van der Waals surface area contributed by atoms with E-state index in [4.69, 9.17) is 0 Å². The van der Waals surface area contributed by atoms with Gasteiger partial charge in [0.25, 0.3) is 0 Å². The second kappa shape index (κ2) is 5.08. The molecule has 1 aromatic rings. The first-order valence-corrected chi connectivity index (χ1v) is 6.01. The molecule has 1 atom stereocenters. The van der Waals surface area contributed by atoms with Crippen LogP contribution in [-0.2, 0) is 6.42 Å². The van der Waals surface area contributed by atoms with Crippen molar-refractivity contribution in [3.63, 3.8) is 0 Å². The van der Waals surface area contributed by atoms with Crippen LogP contribution in [0, 0.1) is 5.92 Å². The molecule has 1 aromatic heterocycles. The van der Waals surface area contributed by atoms with Crippen LogP contribution in [0.25, 0.3) is 0 Å². The Kier molecular flexibility index (Phi) is 4.29. The van der Waals surface area contributed by atoms with E-state index in [2.05, 4.69) is 34.8 Å². The van der Waals surface area contributed by atoms with Crippen LogP contribution in [0.2, 0.25) is 0 Å². The summed E-state index contributed by atoms with van der Waals surface area (Å²) >= 11 is 3.34. The molecule has 0 aliphatic heterocycles. The molecule has 1 unspecified atom stereocenters. The minimum absolute atomic E-state index is 0.496. The van der Waals surface area contributed by atoms with E-state index < -0.39 is 5.60 Å². The first-order valence-electron chi connectivity index (χ1n) is 5.22. The van der Waals surface area contributed by atoms with E-state index in [1.54, 1.807) is 6.20 Å². The summed E-state index contributed by atoms with van der Waals surface area (Å²) in [5, 5.41) is 10.2. The fraction of sp³-hybridized carbons (Fsp3) is 0.583. The second-order valence-corrected chi connectivity index (χ2v) is 5.66. The number of aliphatic hydroxyl groups is 1. The molecular weight excluding hydrogens is 254 g/mol. The Morgan fingerprint density at radius 2 is 2.13 bits per heavy atom. The van der Waals surface area contributed by atoms with E-state index in [-0.39, 0.29) is 0 Å². The Morgan fingerprint density at radius 1 is 1.47 bits per heavy atom. The SMILES string of the molecule is CC(C)CC(C)(O)Cc1ccc(Br)cn1. The Morgan fingerprint density at radius 3 is 2.60 bits per heavy atom. The van der Waals surface area contributed by atoms with Crippen molar-refractivity contribution in [3.05, 3.63) is 28.5 Å². The third-order valence-corrected chi connectivity index (χ3v) is 2.67. The summed E-state index contributed by atoms with van der Waals surface area (Å²) in [5.41, 5.74) is 0.276. The maximum absolute atomic E-state index is 10.2. The van der Waals surface area contributed by atoms with Gasteiger partial charge in [0.15, 0.2) is 0 Å². The molecule has 0 radical (unpaired) electrons. The van der Waals surface area contributed by atoms with Crippen molar-refractivity contribution in [2.24, 2.45) is 5.92 Å². The van der Waals surface area contributed by atoms with Crippen molar-refractivity contribution < 1.29 is 5.11 Å². The highest BCUT2D eigenvalue weighted by Crippen LogP contribution is 2.21. The van der Waals surface area contributed by atoms with Crippen molar-refractivity contribution in [1.82, 2.24) is 4.98 Å². The molecular formula is C12H18BrNO. The number of hydrogen-bond donors (Lipinski definition) is 1. The Bertz CT molecular complexity index is 306. The zero-order chi connectivity index (χ0) is 11.5. The van der Waals surface area contributed by atoms with Crippen LogP contribution in [0.15, 0.2) is 22.8 Å². The lowest BCUT2D eigenvalue weighted by molar-refractivity contribution is 0.0379. The van der Waals surface area contributed by atoms with Gasteiger partial charge in [0, 0.05) is 22.8 Å². The molecule has 1 N–H and O–H groups in total. The average Bonchev–Trinajstić information content (AvgIpc) is 2.06. The molecule has 2 nitrogen and oxygen atoms in total. The molecule has 0 amide bonds. The van der Waals surface area contributed by atoms with Gasteiger partial charge >= 0.3 is 0 Å². The van der Waals surface area contributed by atoms with Gasteiger partial charge in [-0.05, 0) is 47.3 Å². The molecule has 84 valence electrons. The number of hydrogen-bond acceptors (Lipinski definition) is 2. The predicted molar refractivity (Wildman–Crippen MR) is 65.7 cm³/mol. The van der Waals surface area contributed by atoms with Crippen molar-refractivity contribution >= 4 is 15.9 Å². The van der Waals surface area contributed by atoms with Gasteiger partial charge in [0.1, 0.15) is 0 Å². The third-order valence-electron chi connectivity index (χ3n) is 2.20. The number of halogens is 1. The number of rotatable bonds is 4. The molecule has 0 aliphatic carbocycles. The van der Waals surface area contributed by atoms with Crippen LogP contribution in [0.5, 0.6) is 0 Å². The van der Waals surface area contributed by atoms with Crippen molar-refractivity contribution in [3.8, 4) is 0 Å². The van der Waals surface area contributed by atoms with E-state index in [1.807, 2.05) is 19.1 Å². The van der Waals surface area contributed by atoms with Gasteiger partial charge in [0.2, 0.25) is 0 Å². The first kappa shape index (κ1) is 12.7. The summed E-state index contributed by atoms with van der Waals surface area (Å²) in [6.07, 6.45) is 3.17. The van der Waals surface area contributed by atoms with Crippen LogP contribution in [-0.4, -0.2) is 15.7 Å². The largest absolute Gasteiger partial charge is 0.390 e. The highest BCUT2D eigenvalue weighted by Gasteiger charge is 2.22. The van der Waals surface area contributed by atoms with E-state index in [0.717, 1.165) is 16.6 Å². The van der Waals surface area contributed by atoms with Gasteiger partial charge in [-0.25, -0.2) is 0 Å². The van der Waals surface area contributed by atoms with Crippen molar-refractivity contribution in [1.29, 1.82) is 0 Å². The van der Waals surface area contributed by atoms with Gasteiger partial charge in [-0.3, -0.25) is 4.98 Å². The van der Waals surface area contributed by atoms with Crippen LogP contribution in [0.3, 0.4) is 0 Å². The molecule has 0 saturated heterocycles. The smallest absolute Gasteiger partial charge is 0.0677 e. The van der Waals surface area contributed by atoms with Gasteiger partial charge in [-0.15, -0.1) is 0 Å². The summed E-state index contributed by atoms with van der Waals surface area (Å²) < 4.78 is 0.967. The van der Waals surface area contributed by atoms with Gasteiger partial charge in [0.05, 0.1) is 5.60 Å². The zero-order valence-corrected chi connectivity index (χ0v) is 11.1. The van der Waals surface area contributed by atoms with E-state index >= 15 is 0 Å². The lowest BCUT2D eigenvalue weighted by atomic mass is 9.90. The average molecular weight is 272 g/mol. The number of nitrogens with zero attached hydrogens (tertiary/aromatic N) is 1. The van der Waals surface area contributed by atoms with Gasteiger partial charge < -0.3 is 5.11 Å². The van der Waals surface area contributed by atoms with Crippen LogP contribution in [0.4, 0.5) is 0 Å². The van der Waals surface area contributed by atoms with Crippen LogP contribution >= 0.6 is 15.9 Å². The summed E-state index contributed by atoms with van der Waals surface area (Å²) in [4.78, 5) is 4.26. The summed E-state index contributed by atoms with van der Waals surface area (Å²) in [5.74, 6) is 0.496. The molecule has 1 rings (SSSR count). The normalized spacial score (nSPS) is 15.3. The fourth-order valence-corrected chi connectivity index (χ4v) is 2.09. The van der Waals surface area contributed by atoms with E-state index in [9.17, 15) is 5.11 Å². The highest BCUT2D eigenvalue weighted by atomic mass is 79.9. The van der Waals surface area contributed by atoms with Gasteiger partial charge in [-0.2, -0.15) is 0 Å². The van der Waals surface area contributed by atoms with Crippen molar-refractivity contribution in [2.45, 2.75) is 39.2 Å². The molecule has 0 aliphatic rings. The number of aromatic nitrogens is 1.